The van der Waals surface area contributed by atoms with E-state index in [9.17, 15) is 9.59 Å². The Balaban J connectivity index is 1.76. The Kier molecular flexibility index (Phi) is 5.91. The van der Waals surface area contributed by atoms with Crippen LogP contribution in [0.1, 0.15) is 54.2 Å². The third-order valence-corrected chi connectivity index (χ3v) is 5.19. The van der Waals surface area contributed by atoms with Crippen LogP contribution in [0.15, 0.2) is 42.5 Å². The number of rotatable bonds is 5. The van der Waals surface area contributed by atoms with Gasteiger partial charge in [-0.3, -0.25) is 14.8 Å². The molecule has 2 amide bonds. The molecule has 0 unspecified atom stereocenters. The van der Waals surface area contributed by atoms with Crippen molar-refractivity contribution in [2.24, 2.45) is 0 Å². The summed E-state index contributed by atoms with van der Waals surface area (Å²) in [6, 6.07) is 12.1. The number of amides is 2. The molecule has 1 aliphatic carbocycles. The number of hydrogen-bond donors (Lipinski definition) is 3. The first-order valence-electron chi connectivity index (χ1n) is 9.13. The van der Waals surface area contributed by atoms with Gasteiger partial charge >= 0.3 is 0 Å². The summed E-state index contributed by atoms with van der Waals surface area (Å²) >= 11 is 6.14. The molecule has 7 heteroatoms. The number of para-hydroxylation sites is 1. The van der Waals surface area contributed by atoms with Gasteiger partial charge in [-0.25, -0.2) is 5.48 Å². The van der Waals surface area contributed by atoms with Gasteiger partial charge in [0, 0.05) is 5.56 Å². The second-order valence-electron chi connectivity index (χ2n) is 7.32. The Morgan fingerprint density at radius 2 is 1.96 bits per heavy atom. The molecule has 3 N–H and O–H groups in total. The number of carbonyl (C=O) groups excluding carboxylic acids is 2. The smallest absolute Gasteiger partial charge is 0.274 e. The number of hydrogen-bond acceptors (Lipinski definition) is 4. The first kappa shape index (κ1) is 20.2. The van der Waals surface area contributed by atoms with Crippen molar-refractivity contribution < 1.29 is 19.5 Å². The number of nitrogens with one attached hydrogen (secondary N) is 2. The lowest BCUT2D eigenvalue weighted by atomic mass is 9.86. The highest BCUT2D eigenvalue weighted by Gasteiger charge is 2.33. The molecule has 0 saturated heterocycles. The average Bonchev–Trinajstić information content (AvgIpc) is 2.68. The summed E-state index contributed by atoms with van der Waals surface area (Å²) in [6.45, 7) is 3.40. The molecule has 148 valence electrons. The van der Waals surface area contributed by atoms with E-state index in [4.69, 9.17) is 21.5 Å². The third-order valence-electron chi connectivity index (χ3n) is 4.87. The summed E-state index contributed by atoms with van der Waals surface area (Å²) in [5.41, 5.74) is 2.88. The van der Waals surface area contributed by atoms with Crippen molar-refractivity contribution in [3.8, 4) is 5.75 Å². The van der Waals surface area contributed by atoms with Crippen LogP contribution in [-0.2, 0) is 11.2 Å². The zero-order valence-corrected chi connectivity index (χ0v) is 16.5. The molecule has 0 bridgehead atoms. The van der Waals surface area contributed by atoms with E-state index >= 15 is 0 Å². The van der Waals surface area contributed by atoms with E-state index in [0.717, 1.165) is 30.4 Å². The van der Waals surface area contributed by atoms with Gasteiger partial charge in [0.2, 0.25) is 0 Å². The fourth-order valence-electron chi connectivity index (χ4n) is 3.35. The maximum absolute atomic E-state index is 12.9. The molecule has 1 aliphatic rings. The van der Waals surface area contributed by atoms with Crippen molar-refractivity contribution in [3.63, 3.8) is 0 Å². The lowest BCUT2D eigenvalue weighted by Crippen LogP contribution is -2.48. The standard InChI is InChI=1S/C21H23ClN2O4/c1-21(2,28-18-9-4-3-7-16(18)22)20(26)23-17-8-5-6-13-12-14(19(25)24-27)10-11-15(13)17/h3-4,7,9-12,17,27H,5-6,8H2,1-2H3,(H,23,26)(H,24,25)/t17-/m0/s1. The van der Waals surface area contributed by atoms with Crippen LogP contribution in [0.25, 0.3) is 0 Å². The second kappa shape index (κ2) is 8.20. The Morgan fingerprint density at radius 1 is 1.21 bits per heavy atom. The van der Waals surface area contributed by atoms with Crippen LogP contribution in [0.5, 0.6) is 5.75 Å². The van der Waals surface area contributed by atoms with Crippen molar-refractivity contribution in [2.75, 3.05) is 0 Å². The van der Waals surface area contributed by atoms with Gasteiger partial charge in [0.05, 0.1) is 11.1 Å². The number of fused-ring (bicyclic) bond motifs is 1. The maximum Gasteiger partial charge on any atom is 0.274 e. The van der Waals surface area contributed by atoms with Crippen LogP contribution in [-0.4, -0.2) is 22.6 Å². The minimum Gasteiger partial charge on any atom is -0.476 e. The number of aryl methyl sites for hydroxylation is 1. The van der Waals surface area contributed by atoms with Crippen molar-refractivity contribution in [1.29, 1.82) is 0 Å². The largest absolute Gasteiger partial charge is 0.476 e. The summed E-state index contributed by atoms with van der Waals surface area (Å²) in [4.78, 5) is 24.5. The van der Waals surface area contributed by atoms with Crippen molar-refractivity contribution >= 4 is 23.4 Å². The van der Waals surface area contributed by atoms with Crippen LogP contribution in [0.4, 0.5) is 0 Å². The number of carbonyl (C=O) groups is 2. The lowest BCUT2D eigenvalue weighted by Gasteiger charge is -2.31. The van der Waals surface area contributed by atoms with Gasteiger partial charge in [0.1, 0.15) is 5.75 Å². The zero-order valence-electron chi connectivity index (χ0n) is 15.8. The molecule has 0 spiro atoms. The second-order valence-corrected chi connectivity index (χ2v) is 7.72. The maximum atomic E-state index is 12.9. The first-order chi connectivity index (χ1) is 13.3. The molecule has 0 aromatic heterocycles. The predicted octanol–water partition coefficient (Wildman–Crippen LogP) is 3.81. The van der Waals surface area contributed by atoms with E-state index in [1.54, 1.807) is 55.7 Å². The van der Waals surface area contributed by atoms with E-state index < -0.39 is 11.5 Å². The van der Waals surface area contributed by atoms with Gasteiger partial charge < -0.3 is 10.1 Å². The van der Waals surface area contributed by atoms with Crippen LogP contribution in [0.2, 0.25) is 5.02 Å². The summed E-state index contributed by atoms with van der Waals surface area (Å²) in [7, 11) is 0. The van der Waals surface area contributed by atoms with Gasteiger partial charge in [-0.05, 0) is 68.5 Å². The monoisotopic (exact) mass is 402 g/mol. The summed E-state index contributed by atoms with van der Waals surface area (Å²) in [6.07, 6.45) is 2.49. The fraction of sp³-hybridized carbons (Fsp3) is 0.333. The van der Waals surface area contributed by atoms with Crippen LogP contribution < -0.4 is 15.5 Å². The van der Waals surface area contributed by atoms with E-state index in [1.165, 1.54) is 0 Å². The molecule has 6 nitrogen and oxygen atoms in total. The fourth-order valence-corrected chi connectivity index (χ4v) is 3.53. The molecule has 0 heterocycles. The van der Waals surface area contributed by atoms with E-state index in [1.807, 2.05) is 6.07 Å². The summed E-state index contributed by atoms with van der Waals surface area (Å²) in [5, 5.41) is 12.3. The summed E-state index contributed by atoms with van der Waals surface area (Å²) in [5.74, 6) is -0.348. The number of benzene rings is 2. The lowest BCUT2D eigenvalue weighted by molar-refractivity contribution is -0.135. The minimum atomic E-state index is -1.11. The normalized spacial score (nSPS) is 16.1. The van der Waals surface area contributed by atoms with Crippen LogP contribution in [0.3, 0.4) is 0 Å². The number of hydroxylamine groups is 1. The van der Waals surface area contributed by atoms with Gasteiger partial charge in [-0.1, -0.05) is 29.8 Å². The van der Waals surface area contributed by atoms with Crippen molar-refractivity contribution in [2.45, 2.75) is 44.8 Å². The molecule has 0 fully saturated rings. The van der Waals surface area contributed by atoms with Crippen LogP contribution in [0, 0.1) is 0 Å². The van der Waals surface area contributed by atoms with E-state index in [-0.39, 0.29) is 11.9 Å². The predicted molar refractivity (Wildman–Crippen MR) is 106 cm³/mol. The number of halogens is 1. The average molecular weight is 403 g/mol. The Labute approximate surface area is 168 Å². The van der Waals surface area contributed by atoms with Gasteiger partial charge in [-0.2, -0.15) is 0 Å². The van der Waals surface area contributed by atoms with Gasteiger partial charge in [0.25, 0.3) is 11.8 Å². The highest BCUT2D eigenvalue weighted by molar-refractivity contribution is 6.32. The highest BCUT2D eigenvalue weighted by atomic mass is 35.5. The Bertz CT molecular complexity index is 898. The Hall–Kier alpha value is -2.57. The quantitative estimate of drug-likeness (QED) is 0.524. The molecule has 3 rings (SSSR count). The topological polar surface area (TPSA) is 87.7 Å². The molecule has 2 aromatic carbocycles. The highest BCUT2D eigenvalue weighted by Crippen LogP contribution is 2.32. The first-order valence-corrected chi connectivity index (χ1v) is 9.51. The SMILES string of the molecule is CC(C)(Oc1ccccc1Cl)C(=O)N[C@H]1CCCc2cc(C(=O)NO)ccc21. The zero-order chi connectivity index (χ0) is 20.3. The van der Waals surface area contributed by atoms with E-state index in [0.29, 0.717) is 16.3 Å². The van der Waals surface area contributed by atoms with Crippen LogP contribution >= 0.6 is 11.6 Å². The van der Waals surface area contributed by atoms with Gasteiger partial charge in [0.15, 0.2) is 5.60 Å². The van der Waals surface area contributed by atoms with Gasteiger partial charge in [-0.15, -0.1) is 0 Å². The summed E-state index contributed by atoms with van der Waals surface area (Å²) < 4.78 is 5.86. The molecule has 28 heavy (non-hydrogen) atoms. The number of ether oxygens (including phenoxy) is 1. The minimum absolute atomic E-state index is 0.170. The molecular formula is C21H23ClN2O4. The molecule has 0 radical (unpaired) electrons. The molecule has 2 aromatic rings. The molecule has 0 aliphatic heterocycles. The Morgan fingerprint density at radius 3 is 2.68 bits per heavy atom. The molecular weight excluding hydrogens is 380 g/mol. The van der Waals surface area contributed by atoms with Crippen molar-refractivity contribution in [1.82, 2.24) is 10.8 Å². The van der Waals surface area contributed by atoms with E-state index in [2.05, 4.69) is 5.32 Å². The van der Waals surface area contributed by atoms with Crippen molar-refractivity contribution in [3.05, 3.63) is 64.2 Å². The molecule has 0 saturated carbocycles. The third kappa shape index (κ3) is 4.29. The molecule has 1 atom stereocenters.